The van der Waals surface area contributed by atoms with Crippen molar-refractivity contribution >= 4 is 6.21 Å². The van der Waals surface area contributed by atoms with E-state index in [1.807, 2.05) is 18.2 Å². The predicted molar refractivity (Wildman–Crippen MR) is 78.0 cm³/mol. The van der Waals surface area contributed by atoms with Gasteiger partial charge in [0, 0.05) is 12.0 Å². The van der Waals surface area contributed by atoms with Gasteiger partial charge in [-0.15, -0.1) is 0 Å². The molecule has 0 spiro atoms. The Labute approximate surface area is 118 Å². The van der Waals surface area contributed by atoms with Crippen molar-refractivity contribution in [2.24, 2.45) is 5.16 Å². The number of rotatable bonds is 6. The van der Waals surface area contributed by atoms with Crippen molar-refractivity contribution in [3.63, 3.8) is 0 Å². The molecule has 0 aliphatic rings. The van der Waals surface area contributed by atoms with Crippen molar-refractivity contribution in [1.29, 1.82) is 0 Å². The van der Waals surface area contributed by atoms with Crippen molar-refractivity contribution in [2.75, 3.05) is 13.7 Å². The summed E-state index contributed by atoms with van der Waals surface area (Å²) in [6.07, 6.45) is 2.18. The molecule has 0 heterocycles. The van der Waals surface area contributed by atoms with Crippen LogP contribution in [0.5, 0.6) is 11.5 Å². The summed E-state index contributed by atoms with van der Waals surface area (Å²) >= 11 is 0. The maximum atomic E-state index is 8.52. The third kappa shape index (κ3) is 3.75. The lowest BCUT2D eigenvalue weighted by atomic mass is 10.2. The van der Waals surface area contributed by atoms with Gasteiger partial charge in [-0.1, -0.05) is 35.5 Å². The SMILES string of the molecule is COc1cc(/C=N/O)ccc1OCCc1ccccc1. The molecule has 0 radical (unpaired) electrons. The molecular weight excluding hydrogens is 254 g/mol. The first-order valence-corrected chi connectivity index (χ1v) is 6.35. The summed E-state index contributed by atoms with van der Waals surface area (Å²) < 4.78 is 11.0. The molecule has 0 bridgehead atoms. The molecule has 20 heavy (non-hydrogen) atoms. The Bertz CT molecular complexity index is 567. The molecule has 0 aliphatic carbocycles. The summed E-state index contributed by atoms with van der Waals surface area (Å²) in [5, 5.41) is 11.5. The van der Waals surface area contributed by atoms with Gasteiger partial charge in [0.25, 0.3) is 0 Å². The van der Waals surface area contributed by atoms with Crippen LogP contribution in [-0.4, -0.2) is 25.1 Å². The molecule has 0 atom stereocenters. The summed E-state index contributed by atoms with van der Waals surface area (Å²) in [4.78, 5) is 0. The number of ether oxygens (including phenoxy) is 2. The minimum absolute atomic E-state index is 0.577. The zero-order chi connectivity index (χ0) is 14.2. The van der Waals surface area contributed by atoms with Crippen LogP contribution in [0.15, 0.2) is 53.7 Å². The average molecular weight is 271 g/mol. The van der Waals surface area contributed by atoms with E-state index in [0.29, 0.717) is 18.1 Å². The largest absolute Gasteiger partial charge is 0.493 e. The first-order chi connectivity index (χ1) is 9.83. The van der Waals surface area contributed by atoms with E-state index in [1.165, 1.54) is 11.8 Å². The van der Waals surface area contributed by atoms with Gasteiger partial charge in [0.1, 0.15) is 0 Å². The molecule has 0 saturated heterocycles. The van der Waals surface area contributed by atoms with Crippen LogP contribution in [0.3, 0.4) is 0 Å². The van der Waals surface area contributed by atoms with Crippen LogP contribution in [0.25, 0.3) is 0 Å². The van der Waals surface area contributed by atoms with Crippen LogP contribution >= 0.6 is 0 Å². The highest BCUT2D eigenvalue weighted by molar-refractivity contribution is 5.80. The molecule has 4 heteroatoms. The fourth-order valence-electron chi connectivity index (χ4n) is 1.87. The number of hydrogen-bond donors (Lipinski definition) is 1. The monoisotopic (exact) mass is 271 g/mol. The van der Waals surface area contributed by atoms with Crippen molar-refractivity contribution in [3.8, 4) is 11.5 Å². The van der Waals surface area contributed by atoms with E-state index in [4.69, 9.17) is 14.7 Å². The molecule has 1 N–H and O–H groups in total. The molecule has 0 aliphatic heterocycles. The van der Waals surface area contributed by atoms with E-state index >= 15 is 0 Å². The lowest BCUT2D eigenvalue weighted by Crippen LogP contribution is -2.03. The number of benzene rings is 2. The summed E-state index contributed by atoms with van der Waals surface area (Å²) in [6.45, 7) is 0.577. The number of hydrogen-bond acceptors (Lipinski definition) is 4. The standard InChI is InChI=1S/C16H17NO3/c1-19-16-11-14(12-17-18)7-8-15(16)20-10-9-13-5-3-2-4-6-13/h2-8,11-12,18H,9-10H2,1H3/b17-12+. The molecule has 2 aromatic rings. The van der Waals surface area contributed by atoms with Crippen LogP contribution < -0.4 is 9.47 Å². The van der Waals surface area contributed by atoms with Crippen molar-refractivity contribution in [3.05, 3.63) is 59.7 Å². The predicted octanol–water partition coefficient (Wildman–Crippen LogP) is 3.12. The summed E-state index contributed by atoms with van der Waals surface area (Å²) in [7, 11) is 1.58. The molecule has 2 rings (SSSR count). The second-order valence-electron chi connectivity index (χ2n) is 4.24. The molecular formula is C16H17NO3. The third-order valence-corrected chi connectivity index (χ3v) is 2.89. The van der Waals surface area contributed by atoms with Gasteiger partial charge in [-0.25, -0.2) is 0 Å². The van der Waals surface area contributed by atoms with Gasteiger partial charge in [-0.05, 0) is 23.8 Å². The fourth-order valence-corrected chi connectivity index (χ4v) is 1.87. The van der Waals surface area contributed by atoms with E-state index in [0.717, 1.165) is 12.0 Å². The van der Waals surface area contributed by atoms with Gasteiger partial charge in [0.2, 0.25) is 0 Å². The second-order valence-corrected chi connectivity index (χ2v) is 4.24. The lowest BCUT2D eigenvalue weighted by Gasteiger charge is -2.11. The van der Waals surface area contributed by atoms with Gasteiger partial charge in [0.15, 0.2) is 11.5 Å². The third-order valence-electron chi connectivity index (χ3n) is 2.89. The van der Waals surface area contributed by atoms with Crippen molar-refractivity contribution in [1.82, 2.24) is 0 Å². The molecule has 0 fully saturated rings. The minimum atomic E-state index is 0.577. The Morgan fingerprint density at radius 1 is 1.10 bits per heavy atom. The van der Waals surface area contributed by atoms with Gasteiger partial charge < -0.3 is 14.7 Å². The van der Waals surface area contributed by atoms with E-state index in [-0.39, 0.29) is 0 Å². The Balaban J connectivity index is 1.98. The fraction of sp³-hybridized carbons (Fsp3) is 0.188. The molecule has 104 valence electrons. The van der Waals surface area contributed by atoms with E-state index < -0.39 is 0 Å². The highest BCUT2D eigenvalue weighted by Gasteiger charge is 2.05. The smallest absolute Gasteiger partial charge is 0.161 e. The first-order valence-electron chi connectivity index (χ1n) is 6.35. The highest BCUT2D eigenvalue weighted by Crippen LogP contribution is 2.27. The van der Waals surface area contributed by atoms with E-state index in [9.17, 15) is 0 Å². The summed E-state index contributed by atoms with van der Waals surface area (Å²) in [5.74, 6) is 1.30. The normalized spacial score (nSPS) is 10.7. The van der Waals surface area contributed by atoms with Gasteiger partial charge >= 0.3 is 0 Å². The van der Waals surface area contributed by atoms with E-state index in [2.05, 4.69) is 17.3 Å². The molecule has 2 aromatic carbocycles. The van der Waals surface area contributed by atoms with Crippen LogP contribution in [0.2, 0.25) is 0 Å². The maximum absolute atomic E-state index is 8.52. The molecule has 0 aromatic heterocycles. The maximum Gasteiger partial charge on any atom is 0.161 e. The summed E-state index contributed by atoms with van der Waals surface area (Å²) in [6, 6.07) is 15.5. The molecule has 0 saturated carbocycles. The van der Waals surface area contributed by atoms with Gasteiger partial charge in [-0.3, -0.25) is 0 Å². The quantitative estimate of drug-likeness (QED) is 0.499. The van der Waals surface area contributed by atoms with Crippen molar-refractivity contribution in [2.45, 2.75) is 6.42 Å². The Kier molecular flexibility index (Phi) is 5.00. The van der Waals surface area contributed by atoms with Gasteiger partial charge in [0.05, 0.1) is 19.9 Å². The number of nitrogens with zero attached hydrogens (tertiary/aromatic N) is 1. The topological polar surface area (TPSA) is 51.0 Å². The highest BCUT2D eigenvalue weighted by atomic mass is 16.5. The van der Waals surface area contributed by atoms with Gasteiger partial charge in [-0.2, -0.15) is 0 Å². The molecule has 0 unspecified atom stereocenters. The number of methoxy groups -OCH3 is 1. The zero-order valence-electron chi connectivity index (χ0n) is 11.3. The average Bonchev–Trinajstić information content (AvgIpc) is 2.50. The second kappa shape index (κ2) is 7.19. The van der Waals surface area contributed by atoms with Crippen LogP contribution in [0.4, 0.5) is 0 Å². The molecule has 0 amide bonds. The number of oxime groups is 1. The Morgan fingerprint density at radius 2 is 1.90 bits per heavy atom. The Morgan fingerprint density at radius 3 is 2.60 bits per heavy atom. The van der Waals surface area contributed by atoms with Crippen molar-refractivity contribution < 1.29 is 14.7 Å². The lowest BCUT2D eigenvalue weighted by molar-refractivity contribution is 0.297. The molecule has 4 nitrogen and oxygen atoms in total. The van der Waals surface area contributed by atoms with E-state index in [1.54, 1.807) is 25.3 Å². The summed E-state index contributed by atoms with van der Waals surface area (Å²) in [5.41, 5.74) is 1.98. The van der Waals surface area contributed by atoms with Crippen LogP contribution in [0, 0.1) is 0 Å². The Hall–Kier alpha value is -2.49. The zero-order valence-corrected chi connectivity index (χ0v) is 11.3. The first kappa shape index (κ1) is 13.9. The van der Waals surface area contributed by atoms with Crippen LogP contribution in [0.1, 0.15) is 11.1 Å². The minimum Gasteiger partial charge on any atom is -0.493 e. The van der Waals surface area contributed by atoms with Crippen LogP contribution in [-0.2, 0) is 6.42 Å².